The van der Waals surface area contributed by atoms with Gasteiger partial charge in [-0.2, -0.15) is 0 Å². The van der Waals surface area contributed by atoms with Crippen LogP contribution in [0.2, 0.25) is 0 Å². The highest BCUT2D eigenvalue weighted by Gasteiger charge is 2.28. The Kier molecular flexibility index (Phi) is 14.7. The second-order valence-electron chi connectivity index (χ2n) is 8.87. The summed E-state index contributed by atoms with van der Waals surface area (Å²) in [5.74, 6) is 0.128. The monoisotopic (exact) mass is 425 g/mol. The van der Waals surface area contributed by atoms with Crippen LogP contribution >= 0.6 is 24.8 Å². The molecule has 0 heterocycles. The van der Waals surface area contributed by atoms with Gasteiger partial charge in [-0.25, -0.2) is 0 Å². The van der Waals surface area contributed by atoms with E-state index in [1.807, 2.05) is 0 Å². The second-order valence-corrected chi connectivity index (χ2v) is 8.87. The van der Waals surface area contributed by atoms with Gasteiger partial charge in [-0.1, -0.05) is 52.5 Å². The first-order chi connectivity index (χ1) is 11.6. The summed E-state index contributed by atoms with van der Waals surface area (Å²) in [6, 6.07) is -0.0272. The molecule has 0 saturated heterocycles. The van der Waals surface area contributed by atoms with Gasteiger partial charge in [-0.05, 0) is 31.8 Å². The molecule has 0 aliphatic heterocycles. The Labute approximate surface area is 178 Å². The van der Waals surface area contributed by atoms with Crippen LogP contribution in [0.4, 0.5) is 0 Å². The Morgan fingerprint density at radius 3 is 2.30 bits per heavy atom. The van der Waals surface area contributed by atoms with Crippen LogP contribution in [-0.4, -0.2) is 55.2 Å². The molecular weight excluding hydrogens is 385 g/mol. The van der Waals surface area contributed by atoms with Crippen molar-refractivity contribution in [3.63, 3.8) is 0 Å². The van der Waals surface area contributed by atoms with Crippen LogP contribution in [0.5, 0.6) is 0 Å². The number of carbonyl (C=O) groups excluding carboxylic acids is 1. The molecule has 0 spiro atoms. The van der Waals surface area contributed by atoms with E-state index >= 15 is 0 Å². The summed E-state index contributed by atoms with van der Waals surface area (Å²) >= 11 is 0. The maximum Gasteiger partial charge on any atom is 0.244 e. The number of carbonyl (C=O) groups is 1. The smallest absolute Gasteiger partial charge is 0.244 e. The van der Waals surface area contributed by atoms with Crippen molar-refractivity contribution < 1.29 is 9.90 Å². The zero-order chi connectivity index (χ0) is 19.0. The maximum absolute atomic E-state index is 11.3. The number of nitrogens with zero attached hydrogens (tertiary/aromatic N) is 1. The van der Waals surface area contributed by atoms with Crippen LogP contribution in [0.3, 0.4) is 0 Å². The summed E-state index contributed by atoms with van der Waals surface area (Å²) in [5.41, 5.74) is 5.70. The Balaban J connectivity index is 0. The van der Waals surface area contributed by atoms with Crippen molar-refractivity contribution in [2.75, 3.05) is 27.2 Å². The first-order valence-corrected chi connectivity index (χ1v) is 9.64. The van der Waals surface area contributed by atoms with E-state index < -0.39 is 12.0 Å². The van der Waals surface area contributed by atoms with E-state index in [1.54, 1.807) is 0 Å². The second kappa shape index (κ2) is 13.8. The molecule has 1 aliphatic carbocycles. The lowest BCUT2D eigenvalue weighted by molar-refractivity contribution is -0.115. The Morgan fingerprint density at radius 1 is 1.26 bits per heavy atom. The quantitative estimate of drug-likeness (QED) is 0.444. The van der Waals surface area contributed by atoms with Gasteiger partial charge in [-0.3, -0.25) is 4.79 Å². The zero-order valence-electron chi connectivity index (χ0n) is 17.5. The fourth-order valence-corrected chi connectivity index (χ4v) is 3.97. The molecule has 1 amide bonds. The lowest BCUT2D eigenvalue weighted by atomic mass is 9.82. The molecule has 5 nitrogen and oxygen atoms in total. The molecule has 1 aliphatic rings. The molecule has 1 saturated carbocycles. The van der Waals surface area contributed by atoms with Crippen LogP contribution in [0.25, 0.3) is 0 Å². The summed E-state index contributed by atoms with van der Waals surface area (Å²) in [4.78, 5) is 13.5. The third kappa shape index (κ3) is 12.0. The van der Waals surface area contributed by atoms with Gasteiger partial charge in [0.15, 0.2) is 0 Å². The van der Waals surface area contributed by atoms with Crippen molar-refractivity contribution >= 4 is 30.7 Å². The van der Waals surface area contributed by atoms with Crippen molar-refractivity contribution in [3.05, 3.63) is 12.2 Å². The lowest BCUT2D eigenvalue weighted by Crippen LogP contribution is -2.47. The van der Waals surface area contributed by atoms with Gasteiger partial charge in [0.05, 0.1) is 6.10 Å². The highest BCUT2D eigenvalue weighted by molar-refractivity contribution is 5.91. The number of amides is 1. The molecule has 2 atom stereocenters. The number of aliphatic hydroxyl groups is 1. The number of primary amides is 1. The predicted molar refractivity (Wildman–Crippen MR) is 119 cm³/mol. The lowest BCUT2D eigenvalue weighted by Gasteiger charge is -2.34. The number of aliphatic hydroxyl groups excluding tert-OH is 1. The number of nitrogens with two attached hydrogens (primary N) is 1. The molecule has 1 rings (SSSR count). The molecule has 0 aromatic rings. The largest absolute Gasteiger partial charge is 0.391 e. The van der Waals surface area contributed by atoms with Gasteiger partial charge in [0, 0.05) is 31.1 Å². The minimum atomic E-state index is -0.628. The highest BCUT2D eigenvalue weighted by Crippen LogP contribution is 2.29. The molecule has 0 aromatic carbocycles. The zero-order valence-corrected chi connectivity index (χ0v) is 19.1. The molecule has 27 heavy (non-hydrogen) atoms. The summed E-state index contributed by atoms with van der Waals surface area (Å²) < 4.78 is 0. The molecule has 0 bridgehead atoms. The fourth-order valence-electron chi connectivity index (χ4n) is 3.97. The first-order valence-electron chi connectivity index (χ1n) is 9.64. The van der Waals surface area contributed by atoms with Crippen molar-refractivity contribution in [1.82, 2.24) is 10.2 Å². The van der Waals surface area contributed by atoms with Crippen LogP contribution in [0, 0.1) is 11.3 Å². The number of hydrogen-bond donors (Lipinski definition) is 3. The van der Waals surface area contributed by atoms with E-state index in [4.69, 9.17) is 5.73 Å². The van der Waals surface area contributed by atoms with Gasteiger partial charge < -0.3 is 21.1 Å². The number of hydrogen-bond acceptors (Lipinski definition) is 4. The van der Waals surface area contributed by atoms with Gasteiger partial charge in [0.2, 0.25) is 5.91 Å². The molecule has 0 aromatic heterocycles. The van der Waals surface area contributed by atoms with Crippen molar-refractivity contribution in [1.29, 1.82) is 0 Å². The van der Waals surface area contributed by atoms with Crippen LogP contribution in [-0.2, 0) is 4.79 Å². The topological polar surface area (TPSA) is 78.6 Å². The average Bonchev–Trinajstić information content (AvgIpc) is 2.50. The third-order valence-corrected chi connectivity index (χ3v) is 5.17. The summed E-state index contributed by atoms with van der Waals surface area (Å²) in [7, 11) is 4.15. The minimum absolute atomic E-state index is 0. The Morgan fingerprint density at radius 2 is 1.81 bits per heavy atom. The van der Waals surface area contributed by atoms with E-state index in [2.05, 4.69) is 44.7 Å². The standard InChI is InChI=1S/C20H39N3O2.2ClH/c1-15(19(21)25)11-18(24)17(12-16-9-7-6-8-10-16)22-13-20(2,3)14-23(4)5;;/h16-18,22,24H,1,6-14H2,2-5H3,(H2,21,25);2*1H. The third-order valence-electron chi connectivity index (χ3n) is 5.17. The number of nitrogens with one attached hydrogen (secondary N) is 1. The molecule has 0 radical (unpaired) electrons. The van der Waals surface area contributed by atoms with E-state index in [1.165, 1.54) is 32.1 Å². The highest BCUT2D eigenvalue weighted by atomic mass is 35.5. The normalized spacial score (nSPS) is 17.6. The summed E-state index contributed by atoms with van der Waals surface area (Å²) in [6.45, 7) is 9.95. The molecular formula is C20H41Cl2N3O2. The van der Waals surface area contributed by atoms with Crippen molar-refractivity contribution in [3.8, 4) is 0 Å². The number of rotatable bonds is 11. The van der Waals surface area contributed by atoms with Gasteiger partial charge >= 0.3 is 0 Å². The van der Waals surface area contributed by atoms with Crippen molar-refractivity contribution in [2.45, 2.75) is 70.9 Å². The van der Waals surface area contributed by atoms with E-state index in [9.17, 15) is 9.90 Å². The van der Waals surface area contributed by atoms with Crippen LogP contribution in [0.15, 0.2) is 12.2 Å². The molecule has 7 heteroatoms. The molecule has 162 valence electrons. The predicted octanol–water partition coefficient (Wildman–Crippen LogP) is 3.14. The Bertz CT molecular complexity index is 439. The summed E-state index contributed by atoms with van der Waals surface area (Å²) in [6.07, 6.45) is 6.94. The van der Waals surface area contributed by atoms with E-state index in [0.29, 0.717) is 11.5 Å². The van der Waals surface area contributed by atoms with Crippen LogP contribution in [0.1, 0.15) is 58.8 Å². The van der Waals surface area contributed by atoms with Crippen LogP contribution < -0.4 is 11.1 Å². The maximum atomic E-state index is 11.3. The fraction of sp³-hybridized carbons (Fsp3) is 0.850. The van der Waals surface area contributed by atoms with Gasteiger partial charge in [-0.15, -0.1) is 24.8 Å². The number of halogens is 2. The minimum Gasteiger partial charge on any atom is -0.391 e. The van der Waals surface area contributed by atoms with E-state index in [-0.39, 0.29) is 42.7 Å². The van der Waals surface area contributed by atoms with Gasteiger partial charge in [0.25, 0.3) is 0 Å². The summed E-state index contributed by atoms with van der Waals surface area (Å²) in [5, 5.41) is 14.3. The Hall–Kier alpha value is -0.330. The van der Waals surface area contributed by atoms with Crippen molar-refractivity contribution in [2.24, 2.45) is 17.1 Å². The SMILES string of the molecule is C=C(CC(O)C(CC1CCCCC1)NCC(C)(C)CN(C)C)C(N)=O.Cl.Cl. The van der Waals surface area contributed by atoms with E-state index in [0.717, 1.165) is 19.5 Å². The van der Waals surface area contributed by atoms with Gasteiger partial charge in [0.1, 0.15) is 0 Å². The average molecular weight is 426 g/mol. The first kappa shape index (κ1) is 28.9. The molecule has 4 N–H and O–H groups in total. The molecule has 2 unspecified atom stereocenters. The molecule has 1 fully saturated rings.